The Hall–Kier alpha value is -1.82. The topological polar surface area (TPSA) is 69.6 Å². The van der Waals surface area contributed by atoms with Crippen LogP contribution < -0.4 is 5.32 Å². The molecule has 2 N–H and O–H groups in total. The molecular formula is C12H12ClFN2O3. The van der Waals surface area contributed by atoms with Gasteiger partial charge in [0.05, 0.1) is 10.9 Å². The number of carboxylic acid groups (broad SMARTS) is 1. The molecule has 1 aromatic rings. The lowest BCUT2D eigenvalue weighted by Gasteiger charge is -2.36. The van der Waals surface area contributed by atoms with Gasteiger partial charge in [0, 0.05) is 19.6 Å². The Bertz CT molecular complexity index is 518. The van der Waals surface area contributed by atoms with E-state index in [1.54, 1.807) is 0 Å². The van der Waals surface area contributed by atoms with Crippen molar-refractivity contribution in [3.05, 3.63) is 34.6 Å². The number of hydrogen-bond acceptors (Lipinski definition) is 2. The van der Waals surface area contributed by atoms with Gasteiger partial charge in [-0.05, 0) is 17.7 Å². The van der Waals surface area contributed by atoms with Crippen molar-refractivity contribution in [2.45, 2.75) is 6.54 Å². The van der Waals surface area contributed by atoms with Crippen molar-refractivity contribution >= 4 is 23.6 Å². The molecule has 0 spiro atoms. The van der Waals surface area contributed by atoms with Gasteiger partial charge in [-0.3, -0.25) is 4.79 Å². The largest absolute Gasteiger partial charge is 0.481 e. The predicted octanol–water partition coefficient (Wildman–Crippen LogP) is 1.71. The normalized spacial score (nSPS) is 14.9. The van der Waals surface area contributed by atoms with Crippen molar-refractivity contribution in [1.82, 2.24) is 10.2 Å². The third-order valence-corrected chi connectivity index (χ3v) is 3.24. The molecule has 0 radical (unpaired) electrons. The molecule has 0 unspecified atom stereocenters. The number of aliphatic carboxylic acids is 1. The zero-order chi connectivity index (χ0) is 14.0. The number of nitrogens with one attached hydrogen (secondary N) is 1. The van der Waals surface area contributed by atoms with Crippen LogP contribution in [0.3, 0.4) is 0 Å². The van der Waals surface area contributed by atoms with E-state index in [1.165, 1.54) is 23.1 Å². The van der Waals surface area contributed by atoms with Gasteiger partial charge < -0.3 is 15.3 Å². The first-order valence-electron chi connectivity index (χ1n) is 5.67. The van der Waals surface area contributed by atoms with E-state index < -0.39 is 17.7 Å². The van der Waals surface area contributed by atoms with Crippen LogP contribution >= 0.6 is 11.6 Å². The number of urea groups is 1. The third-order valence-electron chi connectivity index (χ3n) is 2.95. The molecule has 1 aromatic carbocycles. The molecule has 7 heteroatoms. The fourth-order valence-electron chi connectivity index (χ4n) is 1.74. The van der Waals surface area contributed by atoms with Crippen LogP contribution in [0, 0.1) is 11.7 Å². The van der Waals surface area contributed by atoms with Gasteiger partial charge in [0.1, 0.15) is 5.82 Å². The van der Waals surface area contributed by atoms with E-state index in [0.717, 1.165) is 0 Å². The monoisotopic (exact) mass is 286 g/mol. The first kappa shape index (κ1) is 13.6. The first-order valence-corrected chi connectivity index (χ1v) is 6.04. The molecule has 1 saturated heterocycles. The Balaban J connectivity index is 1.81. The summed E-state index contributed by atoms with van der Waals surface area (Å²) in [4.78, 5) is 23.6. The maximum atomic E-state index is 12.9. The van der Waals surface area contributed by atoms with Gasteiger partial charge in [-0.2, -0.15) is 0 Å². The molecule has 2 rings (SSSR count). The molecule has 2 amide bonds. The van der Waals surface area contributed by atoms with Crippen LogP contribution in [0.5, 0.6) is 0 Å². The Morgan fingerprint density at radius 3 is 2.74 bits per heavy atom. The van der Waals surface area contributed by atoms with Crippen LogP contribution in [0.2, 0.25) is 5.02 Å². The minimum atomic E-state index is -0.894. The number of carbonyl (C=O) groups is 2. The molecule has 102 valence electrons. The maximum absolute atomic E-state index is 12.9. The molecule has 1 heterocycles. The average molecular weight is 287 g/mol. The Labute approximate surface area is 114 Å². The van der Waals surface area contributed by atoms with Crippen molar-refractivity contribution in [3.63, 3.8) is 0 Å². The Morgan fingerprint density at radius 2 is 2.16 bits per heavy atom. The van der Waals surface area contributed by atoms with Crippen molar-refractivity contribution in [2.24, 2.45) is 5.92 Å². The molecule has 1 fully saturated rings. The van der Waals surface area contributed by atoms with E-state index in [0.29, 0.717) is 5.56 Å². The number of carbonyl (C=O) groups excluding carboxylic acids is 1. The summed E-state index contributed by atoms with van der Waals surface area (Å²) in [6.07, 6.45) is 0. The van der Waals surface area contributed by atoms with Gasteiger partial charge in [-0.25, -0.2) is 9.18 Å². The highest BCUT2D eigenvalue weighted by molar-refractivity contribution is 6.30. The quantitative estimate of drug-likeness (QED) is 0.889. The standard InChI is InChI=1S/C12H12ClFN2O3/c13-9-3-7(1-2-10(9)14)4-15-12(19)16-5-8(6-16)11(17)18/h1-3,8H,4-6H2,(H,15,19)(H,17,18). The van der Waals surface area contributed by atoms with Crippen molar-refractivity contribution in [3.8, 4) is 0 Å². The minimum absolute atomic E-state index is 0.00152. The minimum Gasteiger partial charge on any atom is -0.481 e. The van der Waals surface area contributed by atoms with Crippen LogP contribution in [0.15, 0.2) is 18.2 Å². The van der Waals surface area contributed by atoms with Gasteiger partial charge in [-0.15, -0.1) is 0 Å². The number of benzene rings is 1. The number of hydrogen-bond donors (Lipinski definition) is 2. The first-order chi connectivity index (χ1) is 8.97. The second-order valence-corrected chi connectivity index (χ2v) is 4.75. The van der Waals surface area contributed by atoms with E-state index in [1.807, 2.05) is 0 Å². The summed E-state index contributed by atoms with van der Waals surface area (Å²) in [6, 6.07) is 3.86. The van der Waals surface area contributed by atoms with Crippen molar-refractivity contribution in [1.29, 1.82) is 0 Å². The summed E-state index contributed by atoms with van der Waals surface area (Å²) in [5.41, 5.74) is 0.676. The Morgan fingerprint density at radius 1 is 1.47 bits per heavy atom. The second-order valence-electron chi connectivity index (χ2n) is 4.35. The van der Waals surface area contributed by atoms with Gasteiger partial charge in [0.15, 0.2) is 0 Å². The number of halogens is 2. The summed E-state index contributed by atoms with van der Waals surface area (Å²) in [5.74, 6) is -1.89. The maximum Gasteiger partial charge on any atom is 0.317 e. The van der Waals surface area contributed by atoms with Gasteiger partial charge in [0.25, 0.3) is 0 Å². The van der Waals surface area contributed by atoms with Crippen molar-refractivity contribution in [2.75, 3.05) is 13.1 Å². The van der Waals surface area contributed by atoms with Crippen molar-refractivity contribution < 1.29 is 19.1 Å². The fourth-order valence-corrected chi connectivity index (χ4v) is 1.94. The lowest BCUT2D eigenvalue weighted by Crippen LogP contribution is -2.56. The van der Waals surface area contributed by atoms with Crippen LogP contribution in [0.4, 0.5) is 9.18 Å². The van der Waals surface area contributed by atoms with E-state index in [9.17, 15) is 14.0 Å². The van der Waals surface area contributed by atoms with Gasteiger partial charge >= 0.3 is 12.0 Å². The number of rotatable bonds is 3. The summed E-state index contributed by atoms with van der Waals surface area (Å²) in [6.45, 7) is 0.643. The SMILES string of the molecule is O=C(O)C1CN(C(=O)NCc2ccc(F)c(Cl)c2)C1. The molecule has 0 bridgehead atoms. The fraction of sp³-hybridized carbons (Fsp3) is 0.333. The molecule has 0 aliphatic carbocycles. The molecule has 19 heavy (non-hydrogen) atoms. The third kappa shape index (κ3) is 3.14. The smallest absolute Gasteiger partial charge is 0.317 e. The molecule has 0 saturated carbocycles. The van der Waals surface area contributed by atoms with Gasteiger partial charge in [0.2, 0.25) is 0 Å². The molecular weight excluding hydrogens is 275 g/mol. The summed E-state index contributed by atoms with van der Waals surface area (Å²) in [7, 11) is 0. The zero-order valence-electron chi connectivity index (χ0n) is 9.90. The molecule has 1 aliphatic heterocycles. The highest BCUT2D eigenvalue weighted by Gasteiger charge is 2.35. The lowest BCUT2D eigenvalue weighted by molar-refractivity contribution is -0.146. The highest BCUT2D eigenvalue weighted by atomic mass is 35.5. The van der Waals surface area contributed by atoms with E-state index >= 15 is 0 Å². The summed E-state index contributed by atoms with van der Waals surface area (Å²) >= 11 is 5.62. The number of likely N-dealkylation sites (tertiary alicyclic amines) is 1. The van der Waals surface area contributed by atoms with E-state index in [-0.39, 0.29) is 30.7 Å². The van der Waals surface area contributed by atoms with Crippen LogP contribution in [-0.2, 0) is 11.3 Å². The van der Waals surface area contributed by atoms with E-state index in [2.05, 4.69) is 5.32 Å². The molecule has 0 aromatic heterocycles. The number of nitrogens with zero attached hydrogens (tertiary/aromatic N) is 1. The van der Waals surface area contributed by atoms with Crippen LogP contribution in [0.1, 0.15) is 5.56 Å². The predicted molar refractivity (Wildman–Crippen MR) is 66.3 cm³/mol. The number of carboxylic acids is 1. The average Bonchev–Trinajstić information content (AvgIpc) is 2.28. The molecule has 5 nitrogen and oxygen atoms in total. The molecule has 0 atom stereocenters. The lowest BCUT2D eigenvalue weighted by atomic mass is 10.0. The van der Waals surface area contributed by atoms with Gasteiger partial charge in [-0.1, -0.05) is 17.7 Å². The number of amides is 2. The highest BCUT2D eigenvalue weighted by Crippen LogP contribution is 2.17. The van der Waals surface area contributed by atoms with Crippen LogP contribution in [-0.4, -0.2) is 35.1 Å². The summed E-state index contributed by atoms with van der Waals surface area (Å²) < 4.78 is 12.9. The Kier molecular flexibility index (Phi) is 3.90. The van der Waals surface area contributed by atoms with E-state index in [4.69, 9.17) is 16.7 Å². The summed E-state index contributed by atoms with van der Waals surface area (Å²) in [5, 5.41) is 11.3. The second kappa shape index (κ2) is 5.44. The molecule has 1 aliphatic rings. The van der Waals surface area contributed by atoms with Crippen LogP contribution in [0.25, 0.3) is 0 Å². The zero-order valence-corrected chi connectivity index (χ0v) is 10.7.